The van der Waals surface area contributed by atoms with Gasteiger partial charge < -0.3 is 0 Å². The van der Waals surface area contributed by atoms with Gasteiger partial charge in [0, 0.05) is 17.2 Å². The summed E-state index contributed by atoms with van der Waals surface area (Å²) >= 11 is 0. The first-order chi connectivity index (χ1) is 15.1. The lowest BCUT2D eigenvalue weighted by Gasteiger charge is -2.26. The molecule has 2 N–H and O–H groups in total. The number of nitrogens with zero attached hydrogens (tertiary/aromatic N) is 5. The van der Waals surface area contributed by atoms with Crippen LogP contribution in [0.15, 0.2) is 106 Å². The molecular formula is C25H19N6+. The average molecular weight is 403 g/mol. The van der Waals surface area contributed by atoms with Gasteiger partial charge in [0.05, 0.1) is 34.9 Å². The summed E-state index contributed by atoms with van der Waals surface area (Å²) in [6.45, 7) is 2.09. The number of hydrogen-bond acceptors (Lipinski definition) is 5. The van der Waals surface area contributed by atoms with Crippen LogP contribution in [0.2, 0.25) is 0 Å². The summed E-state index contributed by atoms with van der Waals surface area (Å²) in [6, 6.07) is 14.1. The summed E-state index contributed by atoms with van der Waals surface area (Å²) in [6.07, 6.45) is 13.2. The van der Waals surface area contributed by atoms with E-state index in [2.05, 4.69) is 41.2 Å². The Morgan fingerprint density at radius 1 is 1.03 bits per heavy atom. The van der Waals surface area contributed by atoms with Crippen molar-refractivity contribution in [1.82, 2.24) is 9.97 Å². The minimum Gasteiger partial charge on any atom is -0.255 e. The average Bonchev–Trinajstić information content (AvgIpc) is 3.05. The van der Waals surface area contributed by atoms with E-state index in [-0.39, 0.29) is 4.59 Å². The quantitative estimate of drug-likeness (QED) is 0.523. The fourth-order valence-electron chi connectivity index (χ4n) is 4.13. The van der Waals surface area contributed by atoms with Crippen molar-refractivity contribution < 1.29 is 4.59 Å². The van der Waals surface area contributed by atoms with Crippen LogP contribution in [0.3, 0.4) is 0 Å². The van der Waals surface area contributed by atoms with Gasteiger partial charge in [-0.3, -0.25) is 9.98 Å². The third kappa shape index (κ3) is 2.66. The van der Waals surface area contributed by atoms with Crippen LogP contribution in [0.4, 0.5) is 0 Å². The molecule has 6 rings (SSSR count). The van der Waals surface area contributed by atoms with E-state index in [1.54, 1.807) is 18.6 Å². The van der Waals surface area contributed by atoms with E-state index in [0.717, 1.165) is 56.2 Å². The summed E-state index contributed by atoms with van der Waals surface area (Å²) in [5.74, 6) is 7.58. The molecule has 2 aromatic heterocycles. The van der Waals surface area contributed by atoms with E-state index in [4.69, 9.17) is 15.8 Å². The lowest BCUT2D eigenvalue weighted by molar-refractivity contribution is -0.750. The van der Waals surface area contributed by atoms with Gasteiger partial charge in [0.1, 0.15) is 11.9 Å². The Bertz CT molecular complexity index is 1440. The van der Waals surface area contributed by atoms with Gasteiger partial charge in [0.25, 0.3) is 5.84 Å². The summed E-state index contributed by atoms with van der Waals surface area (Å²) in [7, 11) is 0. The molecule has 0 spiro atoms. The van der Waals surface area contributed by atoms with E-state index >= 15 is 0 Å². The number of pyridine rings is 2. The number of rotatable bonds is 3. The lowest BCUT2D eigenvalue weighted by Crippen LogP contribution is -2.53. The van der Waals surface area contributed by atoms with Crippen LogP contribution >= 0.6 is 0 Å². The maximum absolute atomic E-state index is 6.83. The van der Waals surface area contributed by atoms with Crippen molar-refractivity contribution in [3.8, 4) is 11.4 Å². The summed E-state index contributed by atoms with van der Waals surface area (Å²) in [5, 5.41) is 1.10. The van der Waals surface area contributed by atoms with Gasteiger partial charge in [-0.15, -0.1) is 4.59 Å². The second-order valence-electron chi connectivity index (χ2n) is 7.78. The highest BCUT2D eigenvalue weighted by atomic mass is 15.6. The molecule has 3 aromatic rings. The predicted molar refractivity (Wildman–Crippen MR) is 123 cm³/mol. The van der Waals surface area contributed by atoms with E-state index in [9.17, 15) is 0 Å². The number of benzene rings is 1. The largest absolute Gasteiger partial charge is 0.265 e. The van der Waals surface area contributed by atoms with Crippen LogP contribution in [-0.2, 0) is 0 Å². The number of allylic oxidation sites excluding steroid dienone is 4. The Labute approximate surface area is 179 Å². The fraction of sp³-hybridized carbons (Fsp3) is 0.0400. The van der Waals surface area contributed by atoms with Crippen molar-refractivity contribution in [2.24, 2.45) is 15.8 Å². The van der Waals surface area contributed by atoms with E-state index in [0.29, 0.717) is 0 Å². The predicted octanol–water partition coefficient (Wildman–Crippen LogP) is 4.32. The minimum atomic E-state index is -0.00552. The monoisotopic (exact) mass is 403 g/mol. The molecule has 1 atom stereocenters. The zero-order valence-corrected chi connectivity index (χ0v) is 16.9. The van der Waals surface area contributed by atoms with Gasteiger partial charge in [-0.05, 0) is 42.8 Å². The zero-order valence-electron chi connectivity index (χ0n) is 16.9. The molecular weight excluding hydrogens is 384 g/mol. The molecule has 6 heteroatoms. The molecule has 0 saturated heterocycles. The molecule has 31 heavy (non-hydrogen) atoms. The highest BCUT2D eigenvalue weighted by Gasteiger charge is 2.44. The summed E-state index contributed by atoms with van der Waals surface area (Å²) in [5.41, 5.74) is 7.45. The number of fused-ring (bicyclic) bond motifs is 2. The van der Waals surface area contributed by atoms with Gasteiger partial charge in [0.15, 0.2) is 0 Å². The zero-order chi connectivity index (χ0) is 21.0. The Balaban J connectivity index is 1.51. The first kappa shape index (κ1) is 17.8. The SMILES string of the molecule is Cc1cc(-c2ccccn2)nc2cc(C3=NC(C4=CC=C4)=C4C=NC=C[N+]34N)ccc12. The first-order valence-electron chi connectivity index (χ1n) is 10.1. The maximum Gasteiger partial charge on any atom is 0.265 e. The van der Waals surface area contributed by atoms with Crippen LogP contribution in [0.25, 0.3) is 22.3 Å². The summed E-state index contributed by atoms with van der Waals surface area (Å²) in [4.78, 5) is 18.6. The van der Waals surface area contributed by atoms with Crippen molar-refractivity contribution in [2.45, 2.75) is 6.92 Å². The number of aryl methyl sites for hydroxylation is 1. The molecule has 0 fully saturated rings. The third-order valence-corrected chi connectivity index (χ3v) is 5.82. The Kier molecular flexibility index (Phi) is 3.74. The molecule has 0 bridgehead atoms. The smallest absolute Gasteiger partial charge is 0.255 e. The number of quaternary nitrogens is 1. The van der Waals surface area contributed by atoms with Crippen molar-refractivity contribution in [3.63, 3.8) is 0 Å². The van der Waals surface area contributed by atoms with E-state index in [1.165, 1.54) is 0 Å². The molecule has 2 aliphatic heterocycles. The number of aliphatic imine (C=N–C) groups is 2. The highest BCUT2D eigenvalue weighted by Crippen LogP contribution is 2.36. The van der Waals surface area contributed by atoms with Crippen molar-refractivity contribution >= 4 is 23.0 Å². The van der Waals surface area contributed by atoms with Gasteiger partial charge in [-0.2, -0.15) is 10.8 Å². The number of aromatic nitrogens is 2. The van der Waals surface area contributed by atoms with Crippen LogP contribution in [-0.4, -0.2) is 26.6 Å². The molecule has 6 nitrogen and oxygen atoms in total. The second kappa shape index (κ2) is 6.50. The van der Waals surface area contributed by atoms with Crippen LogP contribution in [0.5, 0.6) is 0 Å². The Hall–Kier alpha value is -4.00. The molecule has 1 aliphatic carbocycles. The molecule has 1 aromatic carbocycles. The number of amidine groups is 1. The fourth-order valence-corrected chi connectivity index (χ4v) is 4.13. The Morgan fingerprint density at radius 3 is 2.71 bits per heavy atom. The first-order valence-corrected chi connectivity index (χ1v) is 10.1. The second-order valence-corrected chi connectivity index (χ2v) is 7.78. The van der Waals surface area contributed by atoms with Crippen molar-refractivity contribution in [3.05, 3.63) is 107 Å². The van der Waals surface area contributed by atoms with Gasteiger partial charge >= 0.3 is 0 Å². The third-order valence-electron chi connectivity index (χ3n) is 5.82. The molecule has 148 valence electrons. The topological polar surface area (TPSA) is 76.5 Å². The molecule has 0 amide bonds. The number of nitrogens with two attached hydrogens (primary N) is 1. The Morgan fingerprint density at radius 2 is 1.94 bits per heavy atom. The van der Waals surface area contributed by atoms with Crippen LogP contribution in [0, 0.1) is 6.92 Å². The van der Waals surface area contributed by atoms with Crippen molar-refractivity contribution in [2.75, 3.05) is 0 Å². The van der Waals surface area contributed by atoms with Crippen LogP contribution < -0.4 is 5.84 Å². The normalized spacial score (nSPS) is 21.2. The maximum atomic E-state index is 6.83. The van der Waals surface area contributed by atoms with Gasteiger partial charge in [-0.25, -0.2) is 4.98 Å². The van der Waals surface area contributed by atoms with E-state index in [1.807, 2.05) is 42.6 Å². The van der Waals surface area contributed by atoms with E-state index < -0.39 is 0 Å². The molecule has 0 saturated carbocycles. The standard InChI is InChI=1S/C25H19N6/c1-16-13-22(20-7-2-3-10-28-20)29-21-14-18(8-9-19(16)21)25-30-24(17-5-4-6-17)23-15-27-11-12-31(23,25)26/h2-15H,26H2,1H3/q+1. The lowest BCUT2D eigenvalue weighted by atomic mass is 10.0. The molecule has 3 aliphatic rings. The van der Waals surface area contributed by atoms with Gasteiger partial charge in [-0.1, -0.05) is 30.4 Å². The minimum absolute atomic E-state index is 0.00552. The van der Waals surface area contributed by atoms with Gasteiger partial charge in [0.2, 0.25) is 5.70 Å². The molecule has 4 heterocycles. The molecule has 0 radical (unpaired) electrons. The van der Waals surface area contributed by atoms with Crippen molar-refractivity contribution in [1.29, 1.82) is 0 Å². The number of hydrogen-bond donors (Lipinski definition) is 1. The summed E-state index contributed by atoms with van der Waals surface area (Å²) < 4.78 is -0.00552. The molecule has 1 unspecified atom stereocenters. The highest BCUT2D eigenvalue weighted by molar-refractivity contribution is 6.03. The van der Waals surface area contributed by atoms with Crippen LogP contribution in [0.1, 0.15) is 11.1 Å².